The van der Waals surface area contributed by atoms with Crippen LogP contribution in [0.3, 0.4) is 0 Å². The average Bonchev–Trinajstić information content (AvgIpc) is 2.59. The zero-order chi connectivity index (χ0) is 13.9. The van der Waals surface area contributed by atoms with Crippen LogP contribution in [0.1, 0.15) is 44.4 Å². The molecule has 19 heavy (non-hydrogen) atoms. The van der Waals surface area contributed by atoms with Crippen LogP contribution in [0.15, 0.2) is 12.1 Å². The second kappa shape index (κ2) is 5.88. The number of aliphatic hydroxyl groups is 2. The van der Waals surface area contributed by atoms with E-state index in [1.54, 1.807) is 0 Å². The van der Waals surface area contributed by atoms with Crippen LogP contribution in [0.5, 0.6) is 0 Å². The van der Waals surface area contributed by atoms with Crippen molar-refractivity contribution in [1.82, 2.24) is 4.98 Å². The predicted molar refractivity (Wildman–Crippen MR) is 76.2 cm³/mol. The average molecular weight is 264 g/mol. The Bertz CT molecular complexity index is 410. The fourth-order valence-electron chi connectivity index (χ4n) is 2.56. The molecule has 1 aliphatic heterocycles. The van der Waals surface area contributed by atoms with E-state index in [-0.39, 0.29) is 6.61 Å². The van der Waals surface area contributed by atoms with E-state index in [0.29, 0.717) is 0 Å². The number of rotatable bonds is 3. The molecule has 1 aliphatic rings. The highest BCUT2D eigenvalue weighted by Gasteiger charge is 2.25. The van der Waals surface area contributed by atoms with Crippen molar-refractivity contribution in [1.29, 1.82) is 0 Å². The third-order valence-electron chi connectivity index (χ3n) is 3.86. The zero-order valence-corrected chi connectivity index (χ0v) is 11.9. The van der Waals surface area contributed by atoms with E-state index in [1.165, 1.54) is 0 Å². The van der Waals surface area contributed by atoms with Gasteiger partial charge < -0.3 is 15.1 Å². The van der Waals surface area contributed by atoms with Gasteiger partial charge in [-0.15, -0.1) is 0 Å². The number of aliphatic hydroxyl groups excluding tert-OH is 1. The normalized spacial score (nSPS) is 24.3. The lowest BCUT2D eigenvalue weighted by molar-refractivity contribution is 0.0481. The summed E-state index contributed by atoms with van der Waals surface area (Å²) in [5.41, 5.74) is 1.37. The van der Waals surface area contributed by atoms with Gasteiger partial charge in [-0.25, -0.2) is 4.98 Å². The molecule has 1 atom stereocenters. The van der Waals surface area contributed by atoms with Crippen LogP contribution < -0.4 is 4.90 Å². The van der Waals surface area contributed by atoms with E-state index in [2.05, 4.69) is 16.8 Å². The van der Waals surface area contributed by atoms with Crippen molar-refractivity contribution in [2.24, 2.45) is 0 Å². The third kappa shape index (κ3) is 3.67. The first kappa shape index (κ1) is 14.3. The lowest BCUT2D eigenvalue weighted by Gasteiger charge is -2.24. The van der Waals surface area contributed by atoms with Gasteiger partial charge in [0.25, 0.3) is 0 Å². The van der Waals surface area contributed by atoms with E-state index in [9.17, 15) is 10.2 Å². The Balaban J connectivity index is 2.21. The van der Waals surface area contributed by atoms with Gasteiger partial charge in [-0.1, -0.05) is 6.92 Å². The molecule has 1 aromatic heterocycles. The summed E-state index contributed by atoms with van der Waals surface area (Å²) in [6.07, 6.45) is 3.44. The SMILES string of the molecule is CCc1cc(CO)cc(N2CCCC(C)(O)CC2)n1. The molecule has 1 fully saturated rings. The molecule has 2 rings (SSSR count). The van der Waals surface area contributed by atoms with Gasteiger partial charge in [-0.2, -0.15) is 0 Å². The number of nitrogens with zero attached hydrogens (tertiary/aromatic N) is 2. The molecule has 4 nitrogen and oxygen atoms in total. The van der Waals surface area contributed by atoms with Crippen LogP contribution in [-0.2, 0) is 13.0 Å². The zero-order valence-electron chi connectivity index (χ0n) is 11.9. The van der Waals surface area contributed by atoms with Crippen LogP contribution in [-0.4, -0.2) is 33.9 Å². The number of aryl methyl sites for hydroxylation is 1. The van der Waals surface area contributed by atoms with Crippen LogP contribution >= 0.6 is 0 Å². The van der Waals surface area contributed by atoms with Gasteiger partial charge in [-0.3, -0.25) is 0 Å². The number of pyridine rings is 1. The fraction of sp³-hybridized carbons (Fsp3) is 0.667. The summed E-state index contributed by atoms with van der Waals surface area (Å²) in [6.45, 7) is 5.76. The highest BCUT2D eigenvalue weighted by atomic mass is 16.3. The van der Waals surface area contributed by atoms with Crippen LogP contribution in [0.4, 0.5) is 5.82 Å². The number of hydrogen-bond acceptors (Lipinski definition) is 4. The van der Waals surface area contributed by atoms with Gasteiger partial charge >= 0.3 is 0 Å². The van der Waals surface area contributed by atoms with Gasteiger partial charge in [0.2, 0.25) is 0 Å². The first-order valence-electron chi connectivity index (χ1n) is 7.12. The van der Waals surface area contributed by atoms with Gasteiger partial charge in [0.05, 0.1) is 12.2 Å². The molecule has 0 amide bonds. The maximum Gasteiger partial charge on any atom is 0.129 e. The molecule has 2 heterocycles. The Morgan fingerprint density at radius 3 is 2.79 bits per heavy atom. The van der Waals surface area contributed by atoms with E-state index in [1.807, 2.05) is 19.1 Å². The Labute approximate surface area is 115 Å². The quantitative estimate of drug-likeness (QED) is 0.875. The minimum Gasteiger partial charge on any atom is -0.392 e. The van der Waals surface area contributed by atoms with Gasteiger partial charge in [0, 0.05) is 18.8 Å². The van der Waals surface area contributed by atoms with Crippen molar-refractivity contribution in [2.75, 3.05) is 18.0 Å². The highest BCUT2D eigenvalue weighted by Crippen LogP contribution is 2.25. The molecule has 0 saturated carbocycles. The monoisotopic (exact) mass is 264 g/mol. The lowest BCUT2D eigenvalue weighted by Crippen LogP contribution is -2.29. The summed E-state index contributed by atoms with van der Waals surface area (Å²) < 4.78 is 0. The lowest BCUT2D eigenvalue weighted by atomic mass is 9.98. The van der Waals surface area contributed by atoms with Crippen LogP contribution in [0.2, 0.25) is 0 Å². The Morgan fingerprint density at radius 2 is 2.11 bits per heavy atom. The predicted octanol–water partition coefficient (Wildman–Crippen LogP) is 1.88. The minimum absolute atomic E-state index is 0.0497. The molecule has 0 radical (unpaired) electrons. The molecule has 0 aromatic carbocycles. The molecule has 0 bridgehead atoms. The Kier molecular flexibility index (Phi) is 4.42. The van der Waals surface area contributed by atoms with Crippen molar-refractivity contribution in [3.63, 3.8) is 0 Å². The smallest absolute Gasteiger partial charge is 0.129 e. The standard InChI is InChI=1S/C15H24N2O2/c1-3-13-9-12(11-18)10-14(16-13)17-7-4-5-15(2,19)6-8-17/h9-10,18-19H,3-8,11H2,1-2H3. The summed E-state index contributed by atoms with van der Waals surface area (Å²) in [7, 11) is 0. The summed E-state index contributed by atoms with van der Waals surface area (Å²) in [6, 6.07) is 3.91. The molecule has 2 N–H and O–H groups in total. The van der Waals surface area contributed by atoms with Crippen molar-refractivity contribution >= 4 is 5.82 Å². The molecule has 1 aromatic rings. The summed E-state index contributed by atoms with van der Waals surface area (Å²) in [5, 5.41) is 19.5. The van der Waals surface area contributed by atoms with Crippen molar-refractivity contribution in [3.05, 3.63) is 23.4 Å². The van der Waals surface area contributed by atoms with Crippen molar-refractivity contribution in [3.8, 4) is 0 Å². The van der Waals surface area contributed by atoms with Crippen molar-refractivity contribution in [2.45, 2.75) is 51.7 Å². The van der Waals surface area contributed by atoms with Crippen molar-refractivity contribution < 1.29 is 10.2 Å². The summed E-state index contributed by atoms with van der Waals surface area (Å²) >= 11 is 0. The summed E-state index contributed by atoms with van der Waals surface area (Å²) in [5.74, 6) is 0.932. The number of anilines is 1. The van der Waals surface area contributed by atoms with Gasteiger partial charge in [-0.05, 0) is 50.3 Å². The second-order valence-electron chi connectivity index (χ2n) is 5.67. The molecule has 1 unspecified atom stereocenters. The molecule has 0 aliphatic carbocycles. The Hall–Kier alpha value is -1.13. The van der Waals surface area contributed by atoms with E-state index in [4.69, 9.17) is 0 Å². The second-order valence-corrected chi connectivity index (χ2v) is 5.67. The van der Waals surface area contributed by atoms with Crippen LogP contribution in [0.25, 0.3) is 0 Å². The number of hydrogen-bond donors (Lipinski definition) is 2. The van der Waals surface area contributed by atoms with E-state index < -0.39 is 5.60 Å². The number of aromatic nitrogens is 1. The van der Waals surface area contributed by atoms with E-state index >= 15 is 0 Å². The first-order valence-corrected chi connectivity index (χ1v) is 7.12. The summed E-state index contributed by atoms with van der Waals surface area (Å²) in [4.78, 5) is 6.87. The topological polar surface area (TPSA) is 56.6 Å². The van der Waals surface area contributed by atoms with Gasteiger partial charge in [0.1, 0.15) is 5.82 Å². The molecule has 0 spiro atoms. The first-order chi connectivity index (χ1) is 9.04. The molecule has 1 saturated heterocycles. The largest absolute Gasteiger partial charge is 0.392 e. The maximum atomic E-state index is 10.1. The molecular weight excluding hydrogens is 240 g/mol. The minimum atomic E-state index is -0.559. The van der Waals surface area contributed by atoms with E-state index in [0.717, 1.165) is 55.8 Å². The Morgan fingerprint density at radius 1 is 1.32 bits per heavy atom. The fourth-order valence-corrected chi connectivity index (χ4v) is 2.56. The molecule has 106 valence electrons. The molecular formula is C15H24N2O2. The maximum absolute atomic E-state index is 10.1. The highest BCUT2D eigenvalue weighted by molar-refractivity contribution is 5.43. The third-order valence-corrected chi connectivity index (χ3v) is 3.86. The van der Waals surface area contributed by atoms with Gasteiger partial charge in [0.15, 0.2) is 0 Å². The van der Waals surface area contributed by atoms with Crippen LogP contribution in [0, 0.1) is 0 Å². The molecule has 4 heteroatoms.